The van der Waals surface area contributed by atoms with E-state index in [1.54, 1.807) is 0 Å². The molecule has 0 fully saturated rings. The lowest BCUT2D eigenvalue weighted by Gasteiger charge is -2.03. The second kappa shape index (κ2) is 8.49. The zero-order valence-corrected chi connectivity index (χ0v) is 10.5. The van der Waals surface area contributed by atoms with Gasteiger partial charge in [0, 0.05) is 0 Å². The van der Waals surface area contributed by atoms with Crippen molar-refractivity contribution in [1.82, 2.24) is 0 Å². The standard InChI is InChI=1S/C14H24O/c1-12(2)6-5-7-14(10-11-15)9-8-13(3)4/h6,8,10,15H,5,7,9,11H2,1-4H3. The van der Waals surface area contributed by atoms with Gasteiger partial charge in [0.15, 0.2) is 0 Å². The first-order valence-corrected chi connectivity index (χ1v) is 5.61. The van der Waals surface area contributed by atoms with E-state index >= 15 is 0 Å². The average molecular weight is 208 g/mol. The van der Waals surface area contributed by atoms with Crippen molar-refractivity contribution in [2.75, 3.05) is 6.61 Å². The number of hydrogen-bond acceptors (Lipinski definition) is 1. The second-order valence-corrected chi connectivity index (χ2v) is 4.35. The van der Waals surface area contributed by atoms with Gasteiger partial charge in [-0.3, -0.25) is 0 Å². The Morgan fingerprint density at radius 3 is 2.00 bits per heavy atom. The minimum Gasteiger partial charge on any atom is -0.392 e. The van der Waals surface area contributed by atoms with Gasteiger partial charge in [-0.2, -0.15) is 0 Å². The third kappa shape index (κ3) is 9.48. The van der Waals surface area contributed by atoms with Crippen molar-refractivity contribution in [2.45, 2.75) is 47.0 Å². The number of rotatable bonds is 6. The molecule has 0 aliphatic carbocycles. The van der Waals surface area contributed by atoms with Crippen LogP contribution >= 0.6 is 0 Å². The maximum Gasteiger partial charge on any atom is 0.0615 e. The van der Waals surface area contributed by atoms with Gasteiger partial charge in [0.05, 0.1) is 6.61 Å². The minimum atomic E-state index is 0.154. The van der Waals surface area contributed by atoms with Crippen LogP contribution in [0.15, 0.2) is 34.9 Å². The first-order valence-electron chi connectivity index (χ1n) is 5.61. The van der Waals surface area contributed by atoms with E-state index < -0.39 is 0 Å². The summed E-state index contributed by atoms with van der Waals surface area (Å²) in [5.41, 5.74) is 4.03. The van der Waals surface area contributed by atoms with Crippen LogP contribution in [0.1, 0.15) is 47.0 Å². The summed E-state index contributed by atoms with van der Waals surface area (Å²) >= 11 is 0. The lowest BCUT2D eigenvalue weighted by atomic mass is 10.0. The normalized spacial score (nSPS) is 11.1. The summed E-state index contributed by atoms with van der Waals surface area (Å²) in [5, 5.41) is 8.90. The molecular formula is C14H24O. The summed E-state index contributed by atoms with van der Waals surface area (Å²) in [5.74, 6) is 0. The third-order valence-electron chi connectivity index (χ3n) is 2.17. The summed E-state index contributed by atoms with van der Waals surface area (Å²) in [7, 11) is 0. The highest BCUT2D eigenvalue weighted by atomic mass is 16.2. The Labute approximate surface area is 94.2 Å². The molecule has 0 bridgehead atoms. The molecule has 1 nitrogen and oxygen atoms in total. The van der Waals surface area contributed by atoms with Gasteiger partial charge in [0.25, 0.3) is 0 Å². The van der Waals surface area contributed by atoms with Crippen molar-refractivity contribution in [2.24, 2.45) is 0 Å². The summed E-state index contributed by atoms with van der Waals surface area (Å²) in [6.07, 6.45) is 9.48. The molecule has 0 aliphatic rings. The van der Waals surface area contributed by atoms with E-state index in [2.05, 4.69) is 39.8 Å². The Morgan fingerprint density at radius 2 is 1.53 bits per heavy atom. The van der Waals surface area contributed by atoms with E-state index in [1.165, 1.54) is 16.7 Å². The predicted octanol–water partition coefficient (Wildman–Crippen LogP) is 4.01. The number of allylic oxidation sites excluding steroid dienone is 5. The van der Waals surface area contributed by atoms with Crippen molar-refractivity contribution in [3.05, 3.63) is 34.9 Å². The lowest BCUT2D eigenvalue weighted by molar-refractivity contribution is 0.341. The fourth-order valence-corrected chi connectivity index (χ4v) is 1.30. The van der Waals surface area contributed by atoms with Crippen LogP contribution in [0, 0.1) is 0 Å². The third-order valence-corrected chi connectivity index (χ3v) is 2.17. The van der Waals surface area contributed by atoms with E-state index in [4.69, 9.17) is 5.11 Å². The highest BCUT2D eigenvalue weighted by Crippen LogP contribution is 2.13. The summed E-state index contributed by atoms with van der Waals surface area (Å²) in [6.45, 7) is 8.59. The quantitative estimate of drug-likeness (QED) is 0.654. The minimum absolute atomic E-state index is 0.154. The van der Waals surface area contributed by atoms with Crippen LogP contribution in [-0.4, -0.2) is 11.7 Å². The molecule has 0 rings (SSSR count). The van der Waals surface area contributed by atoms with Crippen molar-refractivity contribution < 1.29 is 5.11 Å². The molecule has 15 heavy (non-hydrogen) atoms. The molecule has 0 heterocycles. The molecule has 0 aliphatic heterocycles. The van der Waals surface area contributed by atoms with Gasteiger partial charge in [0.2, 0.25) is 0 Å². The number of aliphatic hydroxyl groups excluding tert-OH is 1. The Balaban J connectivity index is 4.12. The maximum atomic E-state index is 8.90. The zero-order valence-electron chi connectivity index (χ0n) is 10.5. The van der Waals surface area contributed by atoms with Crippen LogP contribution in [0.4, 0.5) is 0 Å². The van der Waals surface area contributed by atoms with Crippen molar-refractivity contribution in [3.63, 3.8) is 0 Å². The number of hydrogen-bond donors (Lipinski definition) is 1. The van der Waals surface area contributed by atoms with E-state index in [-0.39, 0.29) is 6.61 Å². The second-order valence-electron chi connectivity index (χ2n) is 4.35. The van der Waals surface area contributed by atoms with Crippen molar-refractivity contribution >= 4 is 0 Å². The van der Waals surface area contributed by atoms with Crippen molar-refractivity contribution in [3.8, 4) is 0 Å². The van der Waals surface area contributed by atoms with Gasteiger partial charge in [0.1, 0.15) is 0 Å². The fourth-order valence-electron chi connectivity index (χ4n) is 1.30. The average Bonchev–Trinajstić information content (AvgIpc) is 2.13. The van der Waals surface area contributed by atoms with E-state index in [1.807, 2.05) is 6.08 Å². The van der Waals surface area contributed by atoms with Crippen LogP contribution in [-0.2, 0) is 0 Å². The topological polar surface area (TPSA) is 20.2 Å². The van der Waals surface area contributed by atoms with E-state index in [0.29, 0.717) is 0 Å². The van der Waals surface area contributed by atoms with Crippen LogP contribution in [0.5, 0.6) is 0 Å². The van der Waals surface area contributed by atoms with Crippen LogP contribution in [0.25, 0.3) is 0 Å². The summed E-state index contributed by atoms with van der Waals surface area (Å²) < 4.78 is 0. The van der Waals surface area contributed by atoms with Crippen LogP contribution in [0.3, 0.4) is 0 Å². The Morgan fingerprint density at radius 1 is 0.933 bits per heavy atom. The molecule has 0 unspecified atom stereocenters. The molecule has 0 amide bonds. The first-order chi connectivity index (χ1) is 7.06. The summed E-state index contributed by atoms with van der Waals surface area (Å²) in [6, 6.07) is 0. The fraction of sp³-hybridized carbons (Fsp3) is 0.571. The van der Waals surface area contributed by atoms with Gasteiger partial charge < -0.3 is 5.11 Å². The van der Waals surface area contributed by atoms with Gasteiger partial charge in [-0.15, -0.1) is 0 Å². The Bertz CT molecular complexity index is 249. The molecule has 0 aromatic rings. The van der Waals surface area contributed by atoms with Gasteiger partial charge >= 0.3 is 0 Å². The summed E-state index contributed by atoms with van der Waals surface area (Å²) in [4.78, 5) is 0. The molecule has 0 spiro atoms. The maximum absolute atomic E-state index is 8.90. The molecular weight excluding hydrogens is 184 g/mol. The molecule has 0 atom stereocenters. The molecule has 1 N–H and O–H groups in total. The monoisotopic (exact) mass is 208 g/mol. The Hall–Kier alpha value is -0.820. The first kappa shape index (κ1) is 14.2. The van der Waals surface area contributed by atoms with Gasteiger partial charge in [-0.1, -0.05) is 34.9 Å². The molecule has 1 heteroatoms. The van der Waals surface area contributed by atoms with Crippen molar-refractivity contribution in [1.29, 1.82) is 0 Å². The van der Waals surface area contributed by atoms with E-state index in [0.717, 1.165) is 19.3 Å². The molecule has 0 saturated heterocycles. The van der Waals surface area contributed by atoms with Crippen LogP contribution in [0.2, 0.25) is 0 Å². The van der Waals surface area contributed by atoms with E-state index in [9.17, 15) is 0 Å². The smallest absolute Gasteiger partial charge is 0.0615 e. The molecule has 0 aromatic heterocycles. The van der Waals surface area contributed by atoms with Gasteiger partial charge in [-0.05, 0) is 47.0 Å². The molecule has 0 saturated carbocycles. The molecule has 86 valence electrons. The SMILES string of the molecule is CC(C)=CCCC(=CCO)CC=C(C)C. The zero-order chi connectivity index (χ0) is 11.7. The predicted molar refractivity (Wildman–Crippen MR) is 67.9 cm³/mol. The van der Waals surface area contributed by atoms with Gasteiger partial charge in [-0.25, -0.2) is 0 Å². The highest BCUT2D eigenvalue weighted by Gasteiger charge is 1.94. The lowest BCUT2D eigenvalue weighted by Crippen LogP contribution is -1.86. The number of aliphatic hydroxyl groups is 1. The molecule has 0 radical (unpaired) electrons. The van der Waals surface area contributed by atoms with Crippen LogP contribution < -0.4 is 0 Å². The Kier molecular flexibility index (Phi) is 8.02. The largest absolute Gasteiger partial charge is 0.392 e. The molecule has 0 aromatic carbocycles. The highest BCUT2D eigenvalue weighted by molar-refractivity contribution is 5.11.